The van der Waals surface area contributed by atoms with Crippen LogP contribution < -0.4 is 0 Å². The van der Waals surface area contributed by atoms with Crippen LogP contribution in [0.3, 0.4) is 0 Å². The van der Waals surface area contributed by atoms with Gasteiger partial charge in [0, 0.05) is 22.6 Å². The lowest BCUT2D eigenvalue weighted by atomic mass is 10.5. The standard InChI is InChI=1S/C10H7Br2N3S/c1-6-2-3-13-10(15-6)16-9-8(12)4-7(11)5-14-9/h2-5H,1H3. The normalized spacial score (nSPS) is 10.4. The molecule has 0 spiro atoms. The molecule has 82 valence electrons. The SMILES string of the molecule is Cc1ccnc(Sc2ncc(Br)cc2Br)n1. The van der Waals surface area contributed by atoms with Crippen molar-refractivity contribution in [2.24, 2.45) is 0 Å². The molecule has 0 aromatic carbocycles. The predicted molar refractivity (Wildman–Crippen MR) is 70.5 cm³/mol. The van der Waals surface area contributed by atoms with Crippen LogP contribution in [0.15, 0.2) is 43.7 Å². The van der Waals surface area contributed by atoms with Gasteiger partial charge in [0.1, 0.15) is 5.03 Å². The molecule has 16 heavy (non-hydrogen) atoms. The number of halogens is 2. The van der Waals surface area contributed by atoms with Gasteiger partial charge < -0.3 is 0 Å². The number of nitrogens with zero attached hydrogens (tertiary/aromatic N) is 3. The van der Waals surface area contributed by atoms with E-state index in [0.29, 0.717) is 5.16 Å². The molecule has 2 aromatic heterocycles. The fourth-order valence-corrected chi connectivity index (χ4v) is 3.01. The van der Waals surface area contributed by atoms with Crippen molar-refractivity contribution < 1.29 is 0 Å². The molecular weight excluding hydrogens is 354 g/mol. The lowest BCUT2D eigenvalue weighted by molar-refractivity contribution is 0.926. The molecule has 6 heteroatoms. The van der Waals surface area contributed by atoms with Crippen LogP contribution in [0.5, 0.6) is 0 Å². The summed E-state index contributed by atoms with van der Waals surface area (Å²) in [5.41, 5.74) is 0.950. The minimum absolute atomic E-state index is 0.704. The van der Waals surface area contributed by atoms with Gasteiger partial charge >= 0.3 is 0 Å². The van der Waals surface area contributed by atoms with Gasteiger partial charge in [0.25, 0.3) is 0 Å². The Morgan fingerprint density at radius 2 is 2.06 bits per heavy atom. The Morgan fingerprint density at radius 3 is 2.75 bits per heavy atom. The van der Waals surface area contributed by atoms with E-state index in [-0.39, 0.29) is 0 Å². The minimum Gasteiger partial charge on any atom is -0.247 e. The summed E-state index contributed by atoms with van der Waals surface area (Å²) in [6, 6.07) is 3.82. The van der Waals surface area contributed by atoms with Crippen molar-refractivity contribution in [1.82, 2.24) is 15.0 Å². The number of aromatic nitrogens is 3. The van der Waals surface area contributed by atoms with E-state index >= 15 is 0 Å². The molecule has 0 amide bonds. The van der Waals surface area contributed by atoms with Gasteiger partial charge in [-0.15, -0.1) is 0 Å². The van der Waals surface area contributed by atoms with Crippen molar-refractivity contribution in [3.63, 3.8) is 0 Å². The largest absolute Gasteiger partial charge is 0.247 e. The Labute approximate surface area is 114 Å². The van der Waals surface area contributed by atoms with E-state index in [9.17, 15) is 0 Å². The molecule has 0 aliphatic heterocycles. The van der Waals surface area contributed by atoms with E-state index in [0.717, 1.165) is 19.7 Å². The number of hydrogen-bond donors (Lipinski definition) is 0. The molecule has 2 rings (SSSR count). The summed E-state index contributed by atoms with van der Waals surface area (Å²) in [5, 5.41) is 1.56. The van der Waals surface area contributed by atoms with Gasteiger partial charge in [0.15, 0.2) is 5.16 Å². The van der Waals surface area contributed by atoms with E-state index in [1.54, 1.807) is 12.4 Å². The van der Waals surface area contributed by atoms with Crippen LogP contribution in [-0.4, -0.2) is 15.0 Å². The highest BCUT2D eigenvalue weighted by molar-refractivity contribution is 9.11. The Bertz CT molecular complexity index is 519. The van der Waals surface area contributed by atoms with E-state index in [1.165, 1.54) is 11.8 Å². The predicted octanol–water partition coefficient (Wildman–Crippen LogP) is 3.86. The van der Waals surface area contributed by atoms with Gasteiger partial charge in [-0.25, -0.2) is 15.0 Å². The first-order chi connectivity index (χ1) is 7.65. The fourth-order valence-electron chi connectivity index (χ4n) is 1.04. The number of hydrogen-bond acceptors (Lipinski definition) is 4. The summed E-state index contributed by atoms with van der Waals surface area (Å²) in [6.45, 7) is 1.94. The molecule has 0 aliphatic carbocycles. The molecule has 2 aromatic rings. The van der Waals surface area contributed by atoms with Crippen molar-refractivity contribution in [2.45, 2.75) is 17.1 Å². The van der Waals surface area contributed by atoms with Crippen molar-refractivity contribution in [3.8, 4) is 0 Å². The molecule has 0 saturated carbocycles. The second kappa shape index (κ2) is 5.25. The molecule has 0 radical (unpaired) electrons. The molecule has 2 heterocycles. The number of aryl methyl sites for hydroxylation is 1. The van der Waals surface area contributed by atoms with Gasteiger partial charge in [-0.05, 0) is 62.7 Å². The van der Waals surface area contributed by atoms with Gasteiger partial charge in [0.2, 0.25) is 0 Å². The van der Waals surface area contributed by atoms with Crippen LogP contribution in [0, 0.1) is 6.92 Å². The number of rotatable bonds is 2. The molecule has 3 nitrogen and oxygen atoms in total. The minimum atomic E-state index is 0.704. The summed E-state index contributed by atoms with van der Waals surface area (Å²) in [4.78, 5) is 12.8. The van der Waals surface area contributed by atoms with Crippen molar-refractivity contribution in [2.75, 3.05) is 0 Å². The zero-order valence-electron chi connectivity index (χ0n) is 8.32. The van der Waals surface area contributed by atoms with Crippen LogP contribution in [0.4, 0.5) is 0 Å². The van der Waals surface area contributed by atoms with E-state index in [2.05, 4.69) is 46.8 Å². The lowest BCUT2D eigenvalue weighted by Gasteiger charge is -2.02. The van der Waals surface area contributed by atoms with Crippen molar-refractivity contribution in [1.29, 1.82) is 0 Å². The highest BCUT2D eigenvalue weighted by Gasteiger charge is 2.06. The van der Waals surface area contributed by atoms with Crippen molar-refractivity contribution >= 4 is 43.6 Å². The Hall–Kier alpha value is -0.460. The highest BCUT2D eigenvalue weighted by Crippen LogP contribution is 2.30. The average molecular weight is 361 g/mol. The quantitative estimate of drug-likeness (QED) is 0.762. The Kier molecular flexibility index (Phi) is 3.94. The molecule has 0 aliphatic rings. The van der Waals surface area contributed by atoms with Gasteiger partial charge in [0.05, 0.1) is 4.47 Å². The van der Waals surface area contributed by atoms with E-state index in [1.807, 2.05) is 19.1 Å². The summed E-state index contributed by atoms with van der Waals surface area (Å²) in [5.74, 6) is 0. The zero-order chi connectivity index (χ0) is 11.5. The first kappa shape index (κ1) is 12.0. The first-order valence-corrected chi connectivity index (χ1v) is 6.84. The fraction of sp³-hybridized carbons (Fsp3) is 0.100. The third kappa shape index (κ3) is 3.02. The maximum atomic E-state index is 4.31. The summed E-state index contributed by atoms with van der Waals surface area (Å²) >= 11 is 8.25. The lowest BCUT2D eigenvalue weighted by Crippen LogP contribution is -1.89. The first-order valence-electron chi connectivity index (χ1n) is 4.44. The van der Waals surface area contributed by atoms with Crippen LogP contribution in [0.2, 0.25) is 0 Å². The van der Waals surface area contributed by atoms with Crippen LogP contribution in [0.1, 0.15) is 5.69 Å². The van der Waals surface area contributed by atoms with Crippen LogP contribution in [0.25, 0.3) is 0 Å². The smallest absolute Gasteiger partial charge is 0.194 e. The average Bonchev–Trinajstić information content (AvgIpc) is 2.22. The maximum Gasteiger partial charge on any atom is 0.194 e. The molecule has 0 saturated heterocycles. The van der Waals surface area contributed by atoms with E-state index in [4.69, 9.17) is 0 Å². The van der Waals surface area contributed by atoms with Crippen molar-refractivity contribution in [3.05, 3.63) is 39.2 Å². The summed E-state index contributed by atoms with van der Waals surface area (Å²) in [7, 11) is 0. The van der Waals surface area contributed by atoms with E-state index < -0.39 is 0 Å². The van der Waals surface area contributed by atoms with Crippen LogP contribution >= 0.6 is 43.6 Å². The van der Waals surface area contributed by atoms with Crippen LogP contribution in [-0.2, 0) is 0 Å². The monoisotopic (exact) mass is 359 g/mol. The molecule has 0 unspecified atom stereocenters. The second-order valence-corrected chi connectivity index (χ2v) is 5.75. The molecule has 0 bridgehead atoms. The third-order valence-corrected chi connectivity index (χ3v) is 3.93. The number of pyridine rings is 1. The van der Waals surface area contributed by atoms with Gasteiger partial charge in [-0.2, -0.15) is 0 Å². The summed E-state index contributed by atoms with van der Waals surface area (Å²) in [6.07, 6.45) is 3.50. The Balaban J connectivity index is 2.27. The third-order valence-electron chi connectivity index (χ3n) is 1.73. The zero-order valence-corrected chi connectivity index (χ0v) is 12.3. The molecular formula is C10H7Br2N3S. The second-order valence-electron chi connectivity index (χ2n) is 3.02. The Morgan fingerprint density at radius 1 is 1.25 bits per heavy atom. The molecule has 0 atom stereocenters. The van der Waals surface area contributed by atoms with Gasteiger partial charge in [-0.3, -0.25) is 0 Å². The summed E-state index contributed by atoms with van der Waals surface area (Å²) < 4.78 is 1.87. The van der Waals surface area contributed by atoms with Gasteiger partial charge in [-0.1, -0.05) is 0 Å². The highest BCUT2D eigenvalue weighted by atomic mass is 79.9. The molecule has 0 N–H and O–H groups in total. The maximum absolute atomic E-state index is 4.31. The molecule has 0 fully saturated rings. The topological polar surface area (TPSA) is 38.7 Å².